The maximum absolute atomic E-state index is 11.4. The van der Waals surface area contributed by atoms with Gasteiger partial charge in [-0.15, -0.1) is 0 Å². The average Bonchev–Trinajstić information content (AvgIpc) is 2.68. The van der Waals surface area contributed by atoms with Crippen molar-refractivity contribution < 1.29 is 24.3 Å². The molecule has 0 saturated heterocycles. The Bertz CT molecular complexity index is 429. The summed E-state index contributed by atoms with van der Waals surface area (Å²) in [6.45, 7) is 3.10. The van der Waals surface area contributed by atoms with Crippen LogP contribution in [0.2, 0.25) is 0 Å². The van der Waals surface area contributed by atoms with E-state index in [2.05, 4.69) is 15.8 Å². The Balaban J connectivity index is 2.43. The van der Waals surface area contributed by atoms with Crippen LogP contribution < -0.4 is 10.6 Å². The summed E-state index contributed by atoms with van der Waals surface area (Å²) in [6, 6.07) is -0.420. The molecule has 4 N–H and O–H groups in total. The lowest BCUT2D eigenvalue weighted by Crippen LogP contribution is -2.50. The number of aryl methyl sites for hydroxylation is 1. The van der Waals surface area contributed by atoms with Crippen LogP contribution in [0.25, 0.3) is 0 Å². The first kappa shape index (κ1) is 14.0. The largest absolute Gasteiger partial charge is 0.480 e. The molecule has 0 aliphatic heterocycles. The molecule has 0 aliphatic carbocycles. The molecular formula is C10H15N3O5. The van der Waals surface area contributed by atoms with Gasteiger partial charge in [0, 0.05) is 6.07 Å². The van der Waals surface area contributed by atoms with Crippen molar-refractivity contribution in [3.63, 3.8) is 0 Å². The van der Waals surface area contributed by atoms with E-state index in [0.29, 0.717) is 11.5 Å². The zero-order valence-electron chi connectivity index (χ0n) is 10.0. The molecule has 1 aromatic heterocycles. The molecule has 1 aromatic rings. The third kappa shape index (κ3) is 4.06. The van der Waals surface area contributed by atoms with Crippen molar-refractivity contribution in [1.82, 2.24) is 15.8 Å². The molecule has 1 rings (SSSR count). The van der Waals surface area contributed by atoms with Gasteiger partial charge < -0.3 is 25.4 Å². The second kappa shape index (κ2) is 6.01. The highest BCUT2D eigenvalue weighted by Gasteiger charge is 2.24. The highest BCUT2D eigenvalue weighted by molar-refractivity contribution is 5.82. The summed E-state index contributed by atoms with van der Waals surface area (Å²) >= 11 is 0. The quantitative estimate of drug-likeness (QED) is 0.569. The molecule has 2 amide bonds. The number of carboxylic acids is 1. The number of rotatable bonds is 5. The van der Waals surface area contributed by atoms with Gasteiger partial charge in [-0.3, -0.25) is 0 Å². The first-order valence-electron chi connectivity index (χ1n) is 5.27. The van der Waals surface area contributed by atoms with Crippen LogP contribution in [0, 0.1) is 6.92 Å². The van der Waals surface area contributed by atoms with Crippen molar-refractivity contribution >= 4 is 12.0 Å². The fourth-order valence-electron chi connectivity index (χ4n) is 1.25. The number of urea groups is 1. The van der Waals surface area contributed by atoms with E-state index in [1.54, 1.807) is 13.0 Å². The van der Waals surface area contributed by atoms with E-state index < -0.39 is 24.1 Å². The van der Waals surface area contributed by atoms with Crippen molar-refractivity contribution in [3.8, 4) is 0 Å². The van der Waals surface area contributed by atoms with E-state index in [-0.39, 0.29) is 6.54 Å². The SMILES string of the molecule is Cc1cc(CNC(=O)N[C@H](C(=O)O)[C@@H](C)O)no1. The first-order valence-corrected chi connectivity index (χ1v) is 5.27. The summed E-state index contributed by atoms with van der Waals surface area (Å²) < 4.78 is 4.80. The summed E-state index contributed by atoms with van der Waals surface area (Å²) in [7, 11) is 0. The van der Waals surface area contributed by atoms with Crippen LogP contribution in [0.4, 0.5) is 4.79 Å². The van der Waals surface area contributed by atoms with Crippen LogP contribution in [0.3, 0.4) is 0 Å². The molecule has 0 bridgehead atoms. The van der Waals surface area contributed by atoms with E-state index in [9.17, 15) is 9.59 Å². The van der Waals surface area contributed by atoms with Gasteiger partial charge >= 0.3 is 12.0 Å². The van der Waals surface area contributed by atoms with Crippen LogP contribution in [-0.2, 0) is 11.3 Å². The predicted molar refractivity (Wildman–Crippen MR) is 59.7 cm³/mol. The number of carbonyl (C=O) groups is 2. The normalized spacial score (nSPS) is 13.7. The Hall–Kier alpha value is -2.09. The number of aliphatic hydroxyl groups is 1. The lowest BCUT2D eigenvalue weighted by Gasteiger charge is -2.17. The van der Waals surface area contributed by atoms with E-state index in [1.807, 2.05) is 0 Å². The second-order valence-electron chi connectivity index (χ2n) is 3.81. The number of aromatic nitrogens is 1. The molecule has 0 spiro atoms. The molecule has 100 valence electrons. The fraction of sp³-hybridized carbons (Fsp3) is 0.500. The van der Waals surface area contributed by atoms with E-state index in [0.717, 1.165) is 0 Å². The standard InChI is InChI=1S/C10H15N3O5/c1-5-3-7(13-18-5)4-11-10(17)12-8(6(2)14)9(15)16/h3,6,8,14H,4H2,1-2H3,(H,15,16)(H2,11,12,17)/t6-,8+/m1/s1. The first-order chi connectivity index (χ1) is 8.40. The number of nitrogens with one attached hydrogen (secondary N) is 2. The Morgan fingerprint density at radius 3 is 2.67 bits per heavy atom. The van der Waals surface area contributed by atoms with Crippen LogP contribution >= 0.6 is 0 Å². The smallest absolute Gasteiger partial charge is 0.328 e. The van der Waals surface area contributed by atoms with Gasteiger partial charge in [-0.05, 0) is 13.8 Å². The zero-order chi connectivity index (χ0) is 13.7. The van der Waals surface area contributed by atoms with Crippen molar-refractivity contribution in [3.05, 3.63) is 17.5 Å². The van der Waals surface area contributed by atoms with Gasteiger partial charge in [-0.2, -0.15) is 0 Å². The molecule has 0 aromatic carbocycles. The van der Waals surface area contributed by atoms with Gasteiger partial charge in [0.15, 0.2) is 6.04 Å². The summed E-state index contributed by atoms with van der Waals surface area (Å²) in [5, 5.41) is 26.1. The summed E-state index contributed by atoms with van der Waals surface area (Å²) in [5.41, 5.74) is 0.520. The topological polar surface area (TPSA) is 125 Å². The van der Waals surface area contributed by atoms with Crippen LogP contribution in [0.5, 0.6) is 0 Å². The molecule has 8 nitrogen and oxygen atoms in total. The number of hydrogen-bond donors (Lipinski definition) is 4. The van der Waals surface area contributed by atoms with E-state index >= 15 is 0 Å². The minimum absolute atomic E-state index is 0.106. The lowest BCUT2D eigenvalue weighted by atomic mass is 10.2. The van der Waals surface area contributed by atoms with E-state index in [1.165, 1.54) is 6.92 Å². The van der Waals surface area contributed by atoms with E-state index in [4.69, 9.17) is 14.7 Å². The predicted octanol–water partition coefficient (Wildman–Crippen LogP) is -0.384. The maximum Gasteiger partial charge on any atom is 0.328 e. The molecular weight excluding hydrogens is 242 g/mol. The highest BCUT2D eigenvalue weighted by atomic mass is 16.5. The van der Waals surface area contributed by atoms with Crippen molar-refractivity contribution in [2.75, 3.05) is 0 Å². The van der Waals surface area contributed by atoms with Crippen molar-refractivity contribution in [2.45, 2.75) is 32.5 Å². The third-order valence-corrected chi connectivity index (χ3v) is 2.14. The third-order valence-electron chi connectivity index (χ3n) is 2.14. The number of carbonyl (C=O) groups excluding carboxylic acids is 1. The maximum atomic E-state index is 11.4. The molecule has 1 heterocycles. The van der Waals surface area contributed by atoms with Gasteiger partial charge in [0.1, 0.15) is 11.5 Å². The van der Waals surface area contributed by atoms with Gasteiger partial charge in [-0.1, -0.05) is 5.16 Å². The van der Waals surface area contributed by atoms with Crippen LogP contribution in [0.1, 0.15) is 18.4 Å². The minimum Gasteiger partial charge on any atom is -0.480 e. The van der Waals surface area contributed by atoms with Gasteiger partial charge in [0.05, 0.1) is 12.6 Å². The number of nitrogens with zero attached hydrogens (tertiary/aromatic N) is 1. The number of aliphatic carboxylic acids is 1. The Kier molecular flexibility index (Phi) is 4.67. The lowest BCUT2D eigenvalue weighted by molar-refractivity contribution is -0.141. The monoisotopic (exact) mass is 257 g/mol. The highest BCUT2D eigenvalue weighted by Crippen LogP contribution is 2.00. The number of aliphatic hydroxyl groups excluding tert-OH is 1. The summed E-state index contributed by atoms with van der Waals surface area (Å²) in [6.07, 6.45) is -1.19. The molecule has 8 heteroatoms. The number of amides is 2. The van der Waals surface area contributed by atoms with Crippen LogP contribution in [-0.4, -0.2) is 39.5 Å². The number of hydrogen-bond acceptors (Lipinski definition) is 5. The van der Waals surface area contributed by atoms with Crippen molar-refractivity contribution in [2.24, 2.45) is 0 Å². The zero-order valence-corrected chi connectivity index (χ0v) is 10.0. The Morgan fingerprint density at radius 1 is 1.56 bits per heavy atom. The van der Waals surface area contributed by atoms with Gasteiger partial charge in [-0.25, -0.2) is 9.59 Å². The number of carboxylic acid groups (broad SMARTS) is 1. The Labute approximate surface area is 103 Å². The fourth-order valence-corrected chi connectivity index (χ4v) is 1.25. The molecule has 0 saturated carbocycles. The summed E-state index contributed by atoms with van der Waals surface area (Å²) in [4.78, 5) is 22.1. The minimum atomic E-state index is -1.36. The average molecular weight is 257 g/mol. The second-order valence-corrected chi connectivity index (χ2v) is 3.81. The molecule has 0 radical (unpaired) electrons. The molecule has 18 heavy (non-hydrogen) atoms. The Morgan fingerprint density at radius 2 is 2.22 bits per heavy atom. The van der Waals surface area contributed by atoms with Gasteiger partial charge in [0.2, 0.25) is 0 Å². The van der Waals surface area contributed by atoms with Crippen molar-refractivity contribution in [1.29, 1.82) is 0 Å². The van der Waals surface area contributed by atoms with Gasteiger partial charge in [0.25, 0.3) is 0 Å². The molecule has 0 unspecified atom stereocenters. The molecule has 2 atom stereocenters. The van der Waals surface area contributed by atoms with Crippen LogP contribution in [0.15, 0.2) is 10.6 Å². The molecule has 0 aliphatic rings. The molecule has 0 fully saturated rings. The summed E-state index contributed by atoms with van der Waals surface area (Å²) in [5.74, 6) is -0.697.